The Morgan fingerprint density at radius 2 is 1.88 bits per heavy atom. The second kappa shape index (κ2) is 6.91. The summed E-state index contributed by atoms with van der Waals surface area (Å²) in [6.07, 6.45) is 1.66. The number of carbonyl (C=O) groups excluding carboxylic acids is 3. The van der Waals surface area contributed by atoms with Gasteiger partial charge in [0.15, 0.2) is 0 Å². The molecule has 25 heavy (non-hydrogen) atoms. The summed E-state index contributed by atoms with van der Waals surface area (Å²) in [7, 11) is 1.31. The monoisotopic (exact) mass is 355 g/mol. The van der Waals surface area contributed by atoms with E-state index in [2.05, 4.69) is 4.74 Å². The molecule has 0 unspecified atom stereocenters. The van der Waals surface area contributed by atoms with Crippen LogP contribution in [0.4, 0.5) is 5.69 Å². The number of nitrogens with zero attached hydrogens (tertiary/aromatic N) is 1. The number of halogens is 1. The lowest BCUT2D eigenvalue weighted by atomic mass is 10.1. The number of esters is 1. The first-order valence-corrected chi connectivity index (χ1v) is 7.89. The van der Waals surface area contributed by atoms with Crippen LogP contribution in [0, 0.1) is 0 Å². The number of hydrogen-bond donors (Lipinski definition) is 0. The van der Waals surface area contributed by atoms with Crippen molar-refractivity contribution in [2.75, 3.05) is 12.0 Å². The van der Waals surface area contributed by atoms with E-state index in [9.17, 15) is 14.4 Å². The van der Waals surface area contributed by atoms with Crippen LogP contribution in [-0.4, -0.2) is 24.9 Å². The van der Waals surface area contributed by atoms with Gasteiger partial charge in [-0.3, -0.25) is 9.59 Å². The highest BCUT2D eigenvalue weighted by molar-refractivity contribution is 6.32. The van der Waals surface area contributed by atoms with Gasteiger partial charge in [-0.1, -0.05) is 29.8 Å². The number of hydrogen-bond acceptors (Lipinski definition) is 4. The van der Waals surface area contributed by atoms with Crippen molar-refractivity contribution in [3.05, 3.63) is 70.3 Å². The number of ether oxygens (including phenoxy) is 1. The molecule has 2 amide bonds. The van der Waals surface area contributed by atoms with Gasteiger partial charge in [0.25, 0.3) is 5.91 Å². The fourth-order valence-electron chi connectivity index (χ4n) is 2.60. The molecular weight excluding hydrogens is 342 g/mol. The van der Waals surface area contributed by atoms with Gasteiger partial charge in [0.2, 0.25) is 5.91 Å². The van der Waals surface area contributed by atoms with Gasteiger partial charge in [-0.15, -0.1) is 0 Å². The third-order valence-corrected chi connectivity index (χ3v) is 4.04. The van der Waals surface area contributed by atoms with E-state index < -0.39 is 5.97 Å². The highest BCUT2D eigenvalue weighted by atomic mass is 35.5. The summed E-state index contributed by atoms with van der Waals surface area (Å²) in [5, 5.41) is 0.453. The number of rotatable bonds is 3. The predicted molar refractivity (Wildman–Crippen MR) is 94.3 cm³/mol. The molecule has 1 fully saturated rings. The van der Waals surface area contributed by atoms with Crippen LogP contribution in [0.5, 0.6) is 0 Å². The van der Waals surface area contributed by atoms with Crippen LogP contribution in [0.15, 0.2) is 54.1 Å². The third kappa shape index (κ3) is 3.46. The van der Waals surface area contributed by atoms with Crippen molar-refractivity contribution >= 4 is 41.1 Å². The molecule has 6 heteroatoms. The number of methoxy groups -OCH3 is 1. The van der Waals surface area contributed by atoms with Crippen LogP contribution in [-0.2, 0) is 14.3 Å². The molecule has 0 spiro atoms. The van der Waals surface area contributed by atoms with Crippen molar-refractivity contribution in [3.63, 3.8) is 0 Å². The van der Waals surface area contributed by atoms with E-state index in [0.29, 0.717) is 21.8 Å². The minimum absolute atomic E-state index is 0.0180. The fourth-order valence-corrected chi connectivity index (χ4v) is 2.78. The maximum atomic E-state index is 12.6. The molecule has 0 saturated carbocycles. The molecule has 0 bridgehead atoms. The molecule has 1 aliphatic rings. The van der Waals surface area contributed by atoms with Crippen molar-refractivity contribution in [2.45, 2.75) is 6.42 Å². The summed E-state index contributed by atoms with van der Waals surface area (Å²) in [5.74, 6) is -1.10. The Hall–Kier alpha value is -2.92. The smallest absolute Gasteiger partial charge is 0.337 e. The topological polar surface area (TPSA) is 63.7 Å². The zero-order valence-electron chi connectivity index (χ0n) is 13.4. The van der Waals surface area contributed by atoms with Gasteiger partial charge in [-0.25, -0.2) is 9.69 Å². The molecule has 0 aromatic heterocycles. The molecule has 3 rings (SSSR count). The van der Waals surface area contributed by atoms with Crippen LogP contribution < -0.4 is 4.90 Å². The first-order chi connectivity index (χ1) is 12.0. The van der Waals surface area contributed by atoms with E-state index in [1.165, 1.54) is 7.11 Å². The predicted octanol–water partition coefficient (Wildman–Crippen LogP) is 3.47. The van der Waals surface area contributed by atoms with Crippen LogP contribution in [0.1, 0.15) is 22.3 Å². The Kier molecular flexibility index (Phi) is 4.67. The number of carbonyl (C=O) groups is 3. The molecule has 5 nitrogen and oxygen atoms in total. The second-order valence-electron chi connectivity index (χ2n) is 5.47. The average Bonchev–Trinajstić information content (AvgIpc) is 2.88. The van der Waals surface area contributed by atoms with E-state index in [4.69, 9.17) is 11.6 Å². The highest BCUT2D eigenvalue weighted by Gasteiger charge is 2.34. The first-order valence-electron chi connectivity index (χ1n) is 7.51. The molecule has 1 aliphatic heterocycles. The molecule has 1 heterocycles. The highest BCUT2D eigenvalue weighted by Crippen LogP contribution is 2.29. The maximum absolute atomic E-state index is 12.6. The molecule has 0 radical (unpaired) electrons. The minimum atomic E-state index is -0.432. The zero-order valence-corrected chi connectivity index (χ0v) is 14.1. The lowest BCUT2D eigenvalue weighted by Crippen LogP contribution is -2.28. The van der Waals surface area contributed by atoms with Gasteiger partial charge < -0.3 is 4.74 Å². The molecular formula is C19H14ClNO4. The second-order valence-corrected chi connectivity index (χ2v) is 5.91. The van der Waals surface area contributed by atoms with Gasteiger partial charge in [-0.2, -0.15) is 0 Å². The number of benzene rings is 2. The van der Waals surface area contributed by atoms with Crippen molar-refractivity contribution in [1.82, 2.24) is 0 Å². The van der Waals surface area contributed by atoms with Crippen LogP contribution in [0.25, 0.3) is 6.08 Å². The summed E-state index contributed by atoms with van der Waals surface area (Å²) in [5.41, 5.74) is 1.97. The normalized spacial score (nSPS) is 15.8. The van der Waals surface area contributed by atoms with E-state index in [0.717, 1.165) is 10.5 Å². The molecule has 1 saturated heterocycles. The average molecular weight is 356 g/mol. The molecule has 2 aromatic rings. The van der Waals surface area contributed by atoms with Crippen molar-refractivity contribution in [2.24, 2.45) is 0 Å². The van der Waals surface area contributed by atoms with Crippen molar-refractivity contribution in [1.29, 1.82) is 0 Å². The summed E-state index contributed by atoms with van der Waals surface area (Å²) in [4.78, 5) is 37.4. The van der Waals surface area contributed by atoms with Gasteiger partial charge in [0.05, 0.1) is 24.8 Å². The number of amides is 2. The van der Waals surface area contributed by atoms with Crippen molar-refractivity contribution < 1.29 is 19.1 Å². The van der Waals surface area contributed by atoms with Gasteiger partial charge in [0.1, 0.15) is 0 Å². The van der Waals surface area contributed by atoms with Gasteiger partial charge in [-0.05, 0) is 42.0 Å². The minimum Gasteiger partial charge on any atom is -0.465 e. The lowest BCUT2D eigenvalue weighted by molar-refractivity contribution is -0.120. The van der Waals surface area contributed by atoms with E-state index in [1.807, 2.05) is 0 Å². The Morgan fingerprint density at radius 1 is 1.16 bits per heavy atom. The standard InChI is InChI=1S/C19H14ClNO4/c1-25-19(24)13-7-5-12(6-8-13)9-14-10-17(22)21(18(14)23)16-4-2-3-15(20)11-16/h2-9,11H,10H2,1H3/b14-9+. The Balaban J connectivity index is 1.86. The van der Waals surface area contributed by atoms with Crippen LogP contribution >= 0.6 is 11.6 Å². The van der Waals surface area contributed by atoms with E-state index >= 15 is 0 Å². The Morgan fingerprint density at radius 3 is 2.52 bits per heavy atom. The van der Waals surface area contributed by atoms with Crippen LogP contribution in [0.2, 0.25) is 5.02 Å². The van der Waals surface area contributed by atoms with E-state index in [1.54, 1.807) is 54.6 Å². The maximum Gasteiger partial charge on any atom is 0.337 e. The molecule has 0 N–H and O–H groups in total. The molecule has 0 aliphatic carbocycles. The Labute approximate surface area is 149 Å². The summed E-state index contributed by atoms with van der Waals surface area (Å²) < 4.78 is 4.64. The quantitative estimate of drug-likeness (QED) is 0.480. The summed E-state index contributed by atoms with van der Waals surface area (Å²) in [6, 6.07) is 13.2. The van der Waals surface area contributed by atoms with Gasteiger partial charge in [0, 0.05) is 10.6 Å². The van der Waals surface area contributed by atoms with Crippen LogP contribution in [0.3, 0.4) is 0 Å². The lowest BCUT2D eigenvalue weighted by Gasteiger charge is -2.13. The SMILES string of the molecule is COC(=O)c1ccc(/C=C2\CC(=O)N(c3cccc(Cl)c3)C2=O)cc1. The summed E-state index contributed by atoms with van der Waals surface area (Å²) in [6.45, 7) is 0. The fraction of sp³-hybridized carbons (Fsp3) is 0.105. The number of anilines is 1. The summed E-state index contributed by atoms with van der Waals surface area (Å²) >= 11 is 5.94. The van der Waals surface area contributed by atoms with E-state index in [-0.39, 0.29) is 18.2 Å². The third-order valence-electron chi connectivity index (χ3n) is 3.81. The van der Waals surface area contributed by atoms with Crippen molar-refractivity contribution in [3.8, 4) is 0 Å². The zero-order chi connectivity index (χ0) is 18.0. The molecule has 2 aromatic carbocycles. The molecule has 0 atom stereocenters. The first kappa shape index (κ1) is 16.9. The Bertz CT molecular complexity index is 887. The van der Waals surface area contributed by atoms with Gasteiger partial charge >= 0.3 is 5.97 Å². The largest absolute Gasteiger partial charge is 0.465 e. The molecule has 126 valence electrons. The number of imide groups is 1.